The van der Waals surface area contributed by atoms with E-state index in [2.05, 4.69) is 0 Å². The van der Waals surface area contributed by atoms with Gasteiger partial charge < -0.3 is 5.73 Å². The summed E-state index contributed by atoms with van der Waals surface area (Å²) in [6, 6.07) is 3.50. The van der Waals surface area contributed by atoms with Crippen LogP contribution in [0.4, 0.5) is 4.39 Å². The number of hydrogen-bond donors (Lipinski definition) is 1. The van der Waals surface area contributed by atoms with Crippen LogP contribution in [0.1, 0.15) is 32.3 Å². The molecule has 1 heterocycles. The summed E-state index contributed by atoms with van der Waals surface area (Å²) < 4.78 is 40.6. The Balaban J connectivity index is 2.44. The molecule has 1 saturated heterocycles. The zero-order valence-corrected chi connectivity index (χ0v) is 13.7. The van der Waals surface area contributed by atoms with Gasteiger partial charge in [-0.25, -0.2) is 12.8 Å². The second kappa shape index (κ2) is 5.98. The van der Waals surface area contributed by atoms with Crippen LogP contribution in [0.5, 0.6) is 0 Å². The summed E-state index contributed by atoms with van der Waals surface area (Å²) in [7, 11) is -3.67. The molecular formula is C14H19FN2O2S2. The maximum atomic E-state index is 13.6. The average Bonchev–Trinajstić information content (AvgIpc) is 2.41. The second-order valence-corrected chi connectivity index (χ2v) is 7.81. The van der Waals surface area contributed by atoms with Gasteiger partial charge in [-0.05, 0) is 43.9 Å². The number of thiocarbonyl (C=S) groups is 1. The quantitative estimate of drug-likeness (QED) is 0.864. The van der Waals surface area contributed by atoms with Gasteiger partial charge >= 0.3 is 0 Å². The van der Waals surface area contributed by atoms with Crippen molar-refractivity contribution in [3.05, 3.63) is 29.6 Å². The summed E-state index contributed by atoms with van der Waals surface area (Å²) in [6.07, 6.45) is 1.84. The van der Waals surface area contributed by atoms with E-state index in [9.17, 15) is 12.8 Å². The van der Waals surface area contributed by atoms with E-state index < -0.39 is 15.8 Å². The Morgan fingerprint density at radius 2 is 2.10 bits per heavy atom. The van der Waals surface area contributed by atoms with Crippen molar-refractivity contribution in [1.82, 2.24) is 4.31 Å². The first kappa shape index (κ1) is 16.3. The van der Waals surface area contributed by atoms with E-state index in [0.717, 1.165) is 18.9 Å². The van der Waals surface area contributed by atoms with Crippen molar-refractivity contribution < 1.29 is 12.8 Å². The minimum atomic E-state index is -3.67. The van der Waals surface area contributed by atoms with E-state index in [1.54, 1.807) is 0 Å². The molecule has 0 bridgehead atoms. The van der Waals surface area contributed by atoms with Crippen LogP contribution in [0.2, 0.25) is 0 Å². The lowest BCUT2D eigenvalue weighted by atomic mass is 9.94. The Kier molecular flexibility index (Phi) is 4.65. The van der Waals surface area contributed by atoms with E-state index >= 15 is 0 Å². The van der Waals surface area contributed by atoms with E-state index in [4.69, 9.17) is 18.0 Å². The molecule has 1 aromatic rings. The van der Waals surface area contributed by atoms with Crippen molar-refractivity contribution in [2.75, 3.05) is 6.54 Å². The Morgan fingerprint density at radius 3 is 2.71 bits per heavy atom. The van der Waals surface area contributed by atoms with Gasteiger partial charge in [-0.3, -0.25) is 0 Å². The van der Waals surface area contributed by atoms with Crippen molar-refractivity contribution in [2.45, 2.75) is 37.6 Å². The molecule has 21 heavy (non-hydrogen) atoms. The highest BCUT2D eigenvalue weighted by Gasteiger charge is 2.34. The molecule has 0 radical (unpaired) electrons. The summed E-state index contributed by atoms with van der Waals surface area (Å²) in [5.41, 5.74) is 5.40. The van der Waals surface area contributed by atoms with Gasteiger partial charge in [0.25, 0.3) is 0 Å². The monoisotopic (exact) mass is 330 g/mol. The topological polar surface area (TPSA) is 63.4 Å². The molecular weight excluding hydrogens is 311 g/mol. The van der Waals surface area contributed by atoms with Gasteiger partial charge in [0.15, 0.2) is 0 Å². The zero-order chi connectivity index (χ0) is 15.8. The van der Waals surface area contributed by atoms with Crippen molar-refractivity contribution in [2.24, 2.45) is 11.7 Å². The number of halogens is 1. The molecule has 0 aromatic heterocycles. The highest BCUT2D eigenvalue weighted by molar-refractivity contribution is 7.89. The minimum absolute atomic E-state index is 0.0349. The molecule has 2 rings (SSSR count). The molecule has 1 fully saturated rings. The molecule has 116 valence electrons. The molecule has 7 heteroatoms. The molecule has 0 spiro atoms. The number of benzene rings is 1. The van der Waals surface area contributed by atoms with Crippen molar-refractivity contribution in [3.63, 3.8) is 0 Å². The predicted octanol–water partition coefficient (Wildman–Crippen LogP) is 2.27. The van der Waals surface area contributed by atoms with E-state index in [1.807, 2.05) is 13.8 Å². The Morgan fingerprint density at radius 1 is 1.43 bits per heavy atom. The summed E-state index contributed by atoms with van der Waals surface area (Å²) in [5, 5.41) is 0. The second-order valence-electron chi connectivity index (χ2n) is 5.48. The molecule has 1 aromatic carbocycles. The van der Waals surface area contributed by atoms with Crippen LogP contribution in [0.25, 0.3) is 0 Å². The van der Waals surface area contributed by atoms with E-state index in [1.165, 1.54) is 16.4 Å². The fourth-order valence-electron chi connectivity index (χ4n) is 2.63. The van der Waals surface area contributed by atoms with Crippen LogP contribution in [0, 0.1) is 11.7 Å². The third-order valence-corrected chi connectivity index (χ3v) is 6.33. The largest absolute Gasteiger partial charge is 0.389 e. The molecule has 2 N–H and O–H groups in total. The first-order chi connectivity index (χ1) is 9.75. The van der Waals surface area contributed by atoms with Crippen LogP contribution < -0.4 is 5.73 Å². The highest BCUT2D eigenvalue weighted by Crippen LogP contribution is 2.29. The highest BCUT2D eigenvalue weighted by atomic mass is 32.2. The number of sulfonamides is 1. The Hall–Kier alpha value is -1.05. The third-order valence-electron chi connectivity index (χ3n) is 4.13. The number of nitrogens with zero attached hydrogens (tertiary/aromatic N) is 1. The fraction of sp³-hybridized carbons (Fsp3) is 0.500. The molecule has 1 aliphatic heterocycles. The number of piperidine rings is 1. The maximum Gasteiger partial charge on any atom is 0.243 e. The molecule has 1 aliphatic rings. The summed E-state index contributed by atoms with van der Waals surface area (Å²) in [6.45, 7) is 4.42. The Bertz CT molecular complexity index is 661. The molecule has 4 nitrogen and oxygen atoms in total. The summed E-state index contributed by atoms with van der Waals surface area (Å²) >= 11 is 4.76. The molecule has 2 atom stereocenters. The van der Waals surface area contributed by atoms with Crippen molar-refractivity contribution in [3.8, 4) is 0 Å². The maximum absolute atomic E-state index is 13.6. The Labute approximate surface area is 130 Å². The molecule has 0 amide bonds. The number of rotatable bonds is 3. The summed E-state index contributed by atoms with van der Waals surface area (Å²) in [5.74, 6) is -0.314. The third kappa shape index (κ3) is 3.09. The summed E-state index contributed by atoms with van der Waals surface area (Å²) in [4.78, 5) is -0.114. The number of hydrogen-bond acceptors (Lipinski definition) is 3. The average molecular weight is 330 g/mol. The van der Waals surface area contributed by atoms with Crippen LogP contribution in [-0.4, -0.2) is 30.3 Å². The SMILES string of the molecule is CC1CCCN(S(=O)(=O)c2ccc(F)c(C(N)=S)c2)C1C. The van der Waals surface area contributed by atoms with Gasteiger partial charge in [-0.2, -0.15) is 4.31 Å². The van der Waals surface area contributed by atoms with Crippen molar-refractivity contribution >= 4 is 27.2 Å². The van der Waals surface area contributed by atoms with E-state index in [0.29, 0.717) is 12.5 Å². The van der Waals surface area contributed by atoms with Crippen LogP contribution in [0.15, 0.2) is 23.1 Å². The molecule has 0 saturated carbocycles. The lowest BCUT2D eigenvalue weighted by Crippen LogP contribution is -2.45. The van der Waals surface area contributed by atoms with Crippen LogP contribution >= 0.6 is 12.2 Å². The van der Waals surface area contributed by atoms with Crippen LogP contribution in [0.3, 0.4) is 0 Å². The van der Waals surface area contributed by atoms with Gasteiger partial charge in [0.2, 0.25) is 10.0 Å². The first-order valence-corrected chi connectivity index (χ1v) is 8.71. The van der Waals surface area contributed by atoms with Crippen LogP contribution in [-0.2, 0) is 10.0 Å². The predicted molar refractivity (Wildman–Crippen MR) is 84.0 cm³/mol. The lowest BCUT2D eigenvalue weighted by molar-refractivity contribution is 0.202. The van der Waals surface area contributed by atoms with Gasteiger partial charge in [0, 0.05) is 18.2 Å². The smallest absolute Gasteiger partial charge is 0.243 e. The molecule has 0 aliphatic carbocycles. The van der Waals surface area contributed by atoms with Gasteiger partial charge in [-0.15, -0.1) is 0 Å². The van der Waals surface area contributed by atoms with Gasteiger partial charge in [0.05, 0.1) is 4.90 Å². The number of nitrogens with two attached hydrogens (primary N) is 1. The van der Waals surface area contributed by atoms with Gasteiger partial charge in [0.1, 0.15) is 10.8 Å². The lowest BCUT2D eigenvalue weighted by Gasteiger charge is -2.36. The first-order valence-electron chi connectivity index (χ1n) is 6.86. The van der Waals surface area contributed by atoms with Crippen molar-refractivity contribution in [1.29, 1.82) is 0 Å². The van der Waals surface area contributed by atoms with E-state index in [-0.39, 0.29) is 21.5 Å². The van der Waals surface area contributed by atoms with Gasteiger partial charge in [-0.1, -0.05) is 19.1 Å². The normalized spacial score (nSPS) is 24.0. The minimum Gasteiger partial charge on any atom is -0.389 e. The molecule has 2 unspecified atom stereocenters. The fourth-order valence-corrected chi connectivity index (χ4v) is 4.57. The zero-order valence-electron chi connectivity index (χ0n) is 12.0. The standard InChI is InChI=1S/C14H19FN2O2S2/c1-9-4-3-7-17(10(9)2)21(18,19)11-5-6-13(15)12(8-11)14(16)20/h5-6,8-10H,3-4,7H2,1-2H3,(H2,16,20).